The summed E-state index contributed by atoms with van der Waals surface area (Å²) >= 11 is 0. The minimum Gasteiger partial charge on any atom is -0.392 e. The van der Waals surface area contributed by atoms with E-state index in [1.54, 1.807) is 19.1 Å². The molecule has 1 aromatic rings. The quantitative estimate of drug-likeness (QED) is 0.790. The number of aryl methyl sites for hydroxylation is 1. The molecule has 1 atom stereocenters. The average Bonchev–Trinajstić information content (AvgIpc) is 2.38. The van der Waals surface area contributed by atoms with Crippen LogP contribution in [0.3, 0.4) is 0 Å². The zero-order chi connectivity index (χ0) is 14.5. The predicted molar refractivity (Wildman–Crippen MR) is 73.4 cm³/mol. The lowest BCUT2D eigenvalue weighted by molar-refractivity contribution is 0.173. The van der Waals surface area contributed by atoms with E-state index in [9.17, 15) is 8.42 Å². The van der Waals surface area contributed by atoms with Crippen molar-refractivity contribution in [2.75, 3.05) is 13.7 Å². The molecule has 0 aromatic heterocycles. The van der Waals surface area contributed by atoms with E-state index in [4.69, 9.17) is 9.84 Å². The molecule has 0 saturated carbocycles. The highest BCUT2D eigenvalue weighted by Crippen LogP contribution is 2.17. The molecular weight excluding hydrogens is 266 g/mol. The summed E-state index contributed by atoms with van der Waals surface area (Å²) in [6, 6.07) is 4.64. The van der Waals surface area contributed by atoms with E-state index >= 15 is 0 Å². The van der Waals surface area contributed by atoms with E-state index in [1.165, 1.54) is 13.2 Å². The van der Waals surface area contributed by atoms with Gasteiger partial charge in [-0.05, 0) is 30.5 Å². The van der Waals surface area contributed by atoms with Gasteiger partial charge in [-0.15, -0.1) is 0 Å². The van der Waals surface area contributed by atoms with Gasteiger partial charge < -0.3 is 9.84 Å². The Balaban J connectivity index is 3.05. The molecule has 0 aliphatic carbocycles. The van der Waals surface area contributed by atoms with Crippen LogP contribution in [0.15, 0.2) is 23.1 Å². The van der Waals surface area contributed by atoms with Gasteiger partial charge in [-0.25, -0.2) is 13.1 Å². The van der Waals surface area contributed by atoms with Gasteiger partial charge in [0.05, 0.1) is 18.1 Å². The van der Waals surface area contributed by atoms with Crippen LogP contribution < -0.4 is 4.72 Å². The molecule has 0 aliphatic heterocycles. The molecule has 5 nitrogen and oxygen atoms in total. The molecule has 2 N–H and O–H groups in total. The molecule has 1 aromatic carbocycles. The molecule has 1 rings (SSSR count). The Morgan fingerprint density at radius 1 is 1.42 bits per heavy atom. The van der Waals surface area contributed by atoms with Gasteiger partial charge in [0.15, 0.2) is 0 Å². The molecule has 0 amide bonds. The highest BCUT2D eigenvalue weighted by atomic mass is 32.2. The molecule has 0 saturated heterocycles. The predicted octanol–water partition coefficient (Wildman–Crippen LogP) is 1.19. The number of aliphatic hydroxyl groups excluding tert-OH is 1. The van der Waals surface area contributed by atoms with E-state index in [0.29, 0.717) is 24.2 Å². The number of benzene rings is 1. The summed E-state index contributed by atoms with van der Waals surface area (Å²) in [5.74, 6) is 0. The Kier molecular flexibility index (Phi) is 5.93. The molecule has 6 heteroatoms. The lowest BCUT2D eigenvalue weighted by Gasteiger charge is -2.17. The van der Waals surface area contributed by atoms with Crippen molar-refractivity contribution in [3.63, 3.8) is 0 Å². The number of sulfonamides is 1. The van der Waals surface area contributed by atoms with E-state index in [2.05, 4.69) is 4.72 Å². The number of aliphatic hydroxyl groups is 1. The van der Waals surface area contributed by atoms with Gasteiger partial charge in [0.25, 0.3) is 0 Å². The summed E-state index contributed by atoms with van der Waals surface area (Å²) in [7, 11) is -2.06. The van der Waals surface area contributed by atoms with Crippen LogP contribution in [0.25, 0.3) is 0 Å². The van der Waals surface area contributed by atoms with Crippen molar-refractivity contribution in [3.05, 3.63) is 29.3 Å². The molecular formula is C13H21NO4S. The van der Waals surface area contributed by atoms with E-state index < -0.39 is 10.0 Å². The van der Waals surface area contributed by atoms with Crippen molar-refractivity contribution < 1.29 is 18.3 Å². The molecule has 1 unspecified atom stereocenters. The van der Waals surface area contributed by atoms with E-state index in [1.807, 2.05) is 6.92 Å². The summed E-state index contributed by atoms with van der Waals surface area (Å²) in [6.07, 6.45) is 0.645. The van der Waals surface area contributed by atoms with Gasteiger partial charge in [0.1, 0.15) is 0 Å². The number of hydrogen-bond donors (Lipinski definition) is 2. The fourth-order valence-corrected chi connectivity index (χ4v) is 3.35. The second-order valence-corrected chi connectivity index (χ2v) is 6.12. The molecule has 19 heavy (non-hydrogen) atoms. The number of hydrogen-bond acceptors (Lipinski definition) is 4. The first-order valence-corrected chi connectivity index (χ1v) is 7.64. The number of nitrogens with one attached hydrogen (secondary N) is 1. The van der Waals surface area contributed by atoms with Gasteiger partial charge in [-0.3, -0.25) is 0 Å². The Hall–Kier alpha value is -0.950. The van der Waals surface area contributed by atoms with Crippen molar-refractivity contribution >= 4 is 10.0 Å². The smallest absolute Gasteiger partial charge is 0.241 e. The van der Waals surface area contributed by atoms with Gasteiger partial charge in [-0.2, -0.15) is 0 Å². The van der Waals surface area contributed by atoms with E-state index in [0.717, 1.165) is 0 Å². The van der Waals surface area contributed by atoms with Crippen molar-refractivity contribution in [2.45, 2.75) is 37.8 Å². The molecule has 0 aliphatic rings. The number of rotatable bonds is 7. The normalized spacial score (nSPS) is 13.5. The lowest BCUT2D eigenvalue weighted by Crippen LogP contribution is -2.37. The van der Waals surface area contributed by atoms with Crippen molar-refractivity contribution in [1.82, 2.24) is 4.72 Å². The Morgan fingerprint density at radius 3 is 2.63 bits per heavy atom. The monoisotopic (exact) mass is 287 g/mol. The largest absolute Gasteiger partial charge is 0.392 e. The fourth-order valence-electron chi connectivity index (χ4n) is 1.75. The van der Waals surface area contributed by atoms with Crippen LogP contribution in [0.5, 0.6) is 0 Å². The summed E-state index contributed by atoms with van der Waals surface area (Å²) in [5, 5.41) is 9.10. The maximum atomic E-state index is 12.3. The Morgan fingerprint density at radius 2 is 2.11 bits per heavy atom. The maximum absolute atomic E-state index is 12.3. The second kappa shape index (κ2) is 7.00. The van der Waals surface area contributed by atoms with Crippen LogP contribution in [-0.2, 0) is 21.4 Å². The van der Waals surface area contributed by atoms with Crippen molar-refractivity contribution in [2.24, 2.45) is 0 Å². The van der Waals surface area contributed by atoms with Crippen LogP contribution in [0, 0.1) is 6.92 Å². The van der Waals surface area contributed by atoms with Gasteiger partial charge in [0.2, 0.25) is 10.0 Å². The Labute approximate surface area is 114 Å². The van der Waals surface area contributed by atoms with Gasteiger partial charge in [-0.1, -0.05) is 19.1 Å². The first kappa shape index (κ1) is 16.1. The van der Waals surface area contributed by atoms with E-state index in [-0.39, 0.29) is 17.5 Å². The van der Waals surface area contributed by atoms with Gasteiger partial charge >= 0.3 is 0 Å². The highest BCUT2D eigenvalue weighted by molar-refractivity contribution is 7.89. The van der Waals surface area contributed by atoms with Gasteiger partial charge in [0, 0.05) is 13.2 Å². The number of methoxy groups -OCH3 is 1. The fraction of sp³-hybridized carbons (Fsp3) is 0.538. The third kappa shape index (κ3) is 4.28. The highest BCUT2D eigenvalue weighted by Gasteiger charge is 2.21. The molecule has 108 valence electrons. The third-order valence-electron chi connectivity index (χ3n) is 2.91. The maximum Gasteiger partial charge on any atom is 0.241 e. The molecule has 0 fully saturated rings. The SMILES string of the molecule is CCC(COC)NS(=O)(=O)c1cc(CO)ccc1C. The summed E-state index contributed by atoms with van der Waals surface area (Å²) in [5.41, 5.74) is 1.22. The molecule has 0 radical (unpaired) electrons. The van der Waals surface area contributed by atoms with Crippen LogP contribution in [0.1, 0.15) is 24.5 Å². The minimum atomic E-state index is -3.60. The average molecular weight is 287 g/mol. The molecule has 0 spiro atoms. The number of ether oxygens (including phenoxy) is 1. The lowest BCUT2D eigenvalue weighted by atomic mass is 10.2. The molecule has 0 heterocycles. The first-order chi connectivity index (χ1) is 8.94. The zero-order valence-electron chi connectivity index (χ0n) is 11.5. The standard InChI is InChI=1S/C13H21NO4S/c1-4-12(9-18-3)14-19(16,17)13-7-11(8-15)6-5-10(13)2/h5-7,12,14-15H,4,8-9H2,1-3H3. The zero-order valence-corrected chi connectivity index (χ0v) is 12.3. The molecule has 0 bridgehead atoms. The second-order valence-electron chi connectivity index (χ2n) is 4.44. The van der Waals surface area contributed by atoms with Crippen LogP contribution in [-0.4, -0.2) is 33.3 Å². The Bertz CT molecular complexity index is 513. The minimum absolute atomic E-state index is 0.182. The van der Waals surface area contributed by atoms with Crippen LogP contribution >= 0.6 is 0 Å². The van der Waals surface area contributed by atoms with Crippen LogP contribution in [0.2, 0.25) is 0 Å². The van der Waals surface area contributed by atoms with Crippen molar-refractivity contribution in [1.29, 1.82) is 0 Å². The summed E-state index contributed by atoms with van der Waals surface area (Å²) in [6.45, 7) is 3.77. The summed E-state index contributed by atoms with van der Waals surface area (Å²) in [4.78, 5) is 0.202. The third-order valence-corrected chi connectivity index (χ3v) is 4.57. The topological polar surface area (TPSA) is 75.6 Å². The summed E-state index contributed by atoms with van der Waals surface area (Å²) < 4.78 is 32.2. The van der Waals surface area contributed by atoms with Crippen LogP contribution in [0.4, 0.5) is 0 Å². The first-order valence-electron chi connectivity index (χ1n) is 6.16. The van der Waals surface area contributed by atoms with Crippen molar-refractivity contribution in [3.8, 4) is 0 Å².